The molecule has 0 amide bonds. The zero-order valence-electron chi connectivity index (χ0n) is 12.1. The number of thioether (sulfide) groups is 1. The molecule has 0 aromatic heterocycles. The summed E-state index contributed by atoms with van der Waals surface area (Å²) in [6, 6.07) is 3.23. The standard InChI is InChI=1S/C15H28N2S/c1-15(2)6-7-18-10-14(15)17(3)13-8-11-4-5-12(9-13)16-11/h11-14,16H,4-10H2,1-3H3. The van der Waals surface area contributed by atoms with Gasteiger partial charge in [-0.25, -0.2) is 0 Å². The van der Waals surface area contributed by atoms with Crippen molar-refractivity contribution < 1.29 is 0 Å². The van der Waals surface area contributed by atoms with Gasteiger partial charge >= 0.3 is 0 Å². The van der Waals surface area contributed by atoms with Crippen LogP contribution >= 0.6 is 11.8 Å². The van der Waals surface area contributed by atoms with Crippen LogP contribution in [0.3, 0.4) is 0 Å². The van der Waals surface area contributed by atoms with E-state index in [0.717, 1.165) is 24.2 Å². The Hall–Kier alpha value is 0.270. The van der Waals surface area contributed by atoms with Crippen LogP contribution < -0.4 is 5.32 Å². The topological polar surface area (TPSA) is 15.3 Å². The van der Waals surface area contributed by atoms with E-state index >= 15 is 0 Å². The van der Waals surface area contributed by atoms with Gasteiger partial charge in [-0.1, -0.05) is 13.8 Å². The third-order valence-corrected chi connectivity index (χ3v) is 6.63. The van der Waals surface area contributed by atoms with E-state index in [1.54, 1.807) is 0 Å². The molecule has 0 spiro atoms. The number of fused-ring (bicyclic) bond motifs is 2. The minimum Gasteiger partial charge on any atom is -0.311 e. The van der Waals surface area contributed by atoms with E-state index < -0.39 is 0 Å². The average molecular weight is 268 g/mol. The number of nitrogens with one attached hydrogen (secondary N) is 1. The fourth-order valence-electron chi connectivity index (χ4n) is 4.21. The van der Waals surface area contributed by atoms with E-state index in [-0.39, 0.29) is 0 Å². The van der Waals surface area contributed by atoms with Crippen molar-refractivity contribution >= 4 is 11.8 Å². The first kappa shape index (κ1) is 13.3. The van der Waals surface area contributed by atoms with Crippen LogP contribution in [0.1, 0.15) is 46.0 Å². The highest BCUT2D eigenvalue weighted by Crippen LogP contribution is 2.39. The number of nitrogens with zero attached hydrogens (tertiary/aromatic N) is 1. The van der Waals surface area contributed by atoms with Gasteiger partial charge in [0.2, 0.25) is 0 Å². The lowest BCUT2D eigenvalue weighted by Gasteiger charge is -2.48. The Morgan fingerprint density at radius 3 is 2.44 bits per heavy atom. The van der Waals surface area contributed by atoms with E-state index in [4.69, 9.17) is 0 Å². The molecule has 3 rings (SSSR count). The maximum atomic E-state index is 3.77. The molecule has 3 heterocycles. The van der Waals surface area contributed by atoms with E-state index in [9.17, 15) is 0 Å². The van der Waals surface area contributed by atoms with Crippen LogP contribution in [-0.2, 0) is 0 Å². The molecule has 1 N–H and O–H groups in total. The van der Waals surface area contributed by atoms with Crippen molar-refractivity contribution in [3.63, 3.8) is 0 Å². The van der Waals surface area contributed by atoms with Crippen molar-refractivity contribution in [3.05, 3.63) is 0 Å². The maximum absolute atomic E-state index is 3.77. The molecule has 0 radical (unpaired) electrons. The lowest BCUT2D eigenvalue weighted by Crippen LogP contribution is -2.55. The number of rotatable bonds is 2. The molecule has 18 heavy (non-hydrogen) atoms. The zero-order chi connectivity index (χ0) is 12.8. The SMILES string of the molecule is CN(C1CC2CCC(C1)N2)C1CSCCC1(C)C. The molecule has 2 nitrogen and oxygen atoms in total. The van der Waals surface area contributed by atoms with Crippen molar-refractivity contribution in [3.8, 4) is 0 Å². The normalized spacial score (nSPS) is 43.3. The molecule has 3 unspecified atom stereocenters. The molecule has 3 fully saturated rings. The Bertz CT molecular complexity index is 293. The molecule has 2 bridgehead atoms. The minimum absolute atomic E-state index is 0.504. The summed E-state index contributed by atoms with van der Waals surface area (Å²) in [5, 5.41) is 3.77. The van der Waals surface area contributed by atoms with Crippen molar-refractivity contribution in [2.45, 2.75) is 70.1 Å². The summed E-state index contributed by atoms with van der Waals surface area (Å²) in [6.45, 7) is 4.95. The third-order valence-electron chi connectivity index (χ3n) is 5.58. The predicted octanol–water partition coefficient (Wildman–Crippen LogP) is 2.73. The lowest BCUT2D eigenvalue weighted by molar-refractivity contribution is 0.0603. The fourth-order valence-corrected chi connectivity index (χ4v) is 5.95. The second-order valence-electron chi connectivity index (χ2n) is 7.26. The van der Waals surface area contributed by atoms with Crippen LogP contribution in [0, 0.1) is 5.41 Å². The molecule has 3 aliphatic rings. The summed E-state index contributed by atoms with van der Waals surface area (Å²) in [5.41, 5.74) is 0.504. The second kappa shape index (κ2) is 4.99. The molecule has 0 aromatic rings. The highest BCUT2D eigenvalue weighted by atomic mass is 32.2. The molecule has 3 atom stereocenters. The molecule has 3 aliphatic heterocycles. The largest absolute Gasteiger partial charge is 0.311 e. The van der Waals surface area contributed by atoms with Gasteiger partial charge in [0.05, 0.1) is 0 Å². The minimum atomic E-state index is 0.504. The van der Waals surface area contributed by atoms with Crippen molar-refractivity contribution in [1.29, 1.82) is 0 Å². The Labute approximate surface area is 116 Å². The average Bonchev–Trinajstić information content (AvgIpc) is 2.67. The molecule has 104 valence electrons. The van der Waals surface area contributed by atoms with Gasteiger partial charge < -0.3 is 5.32 Å². The van der Waals surface area contributed by atoms with E-state index in [0.29, 0.717) is 5.41 Å². The summed E-state index contributed by atoms with van der Waals surface area (Å²) in [4.78, 5) is 2.75. The number of piperidine rings is 1. The Morgan fingerprint density at radius 1 is 1.17 bits per heavy atom. The van der Waals surface area contributed by atoms with E-state index in [1.165, 1.54) is 43.6 Å². The number of hydrogen-bond donors (Lipinski definition) is 1. The summed E-state index contributed by atoms with van der Waals surface area (Å²) in [5.74, 6) is 2.69. The Balaban J connectivity index is 1.68. The smallest absolute Gasteiger partial charge is 0.0237 e. The molecular weight excluding hydrogens is 240 g/mol. The van der Waals surface area contributed by atoms with Crippen LogP contribution in [0.25, 0.3) is 0 Å². The van der Waals surface area contributed by atoms with Gasteiger partial charge in [0.1, 0.15) is 0 Å². The van der Waals surface area contributed by atoms with Gasteiger partial charge in [-0.15, -0.1) is 0 Å². The molecular formula is C15H28N2S. The highest BCUT2D eigenvalue weighted by Gasteiger charge is 2.41. The second-order valence-corrected chi connectivity index (χ2v) is 8.41. The highest BCUT2D eigenvalue weighted by molar-refractivity contribution is 7.99. The van der Waals surface area contributed by atoms with Crippen LogP contribution in [0.15, 0.2) is 0 Å². The number of hydrogen-bond acceptors (Lipinski definition) is 3. The van der Waals surface area contributed by atoms with Crippen LogP contribution in [0.4, 0.5) is 0 Å². The summed E-state index contributed by atoms with van der Waals surface area (Å²) in [6.07, 6.45) is 6.97. The van der Waals surface area contributed by atoms with Crippen molar-refractivity contribution in [2.75, 3.05) is 18.6 Å². The first-order valence-electron chi connectivity index (χ1n) is 7.62. The van der Waals surface area contributed by atoms with Gasteiger partial charge in [0.15, 0.2) is 0 Å². The van der Waals surface area contributed by atoms with Crippen LogP contribution in [-0.4, -0.2) is 47.6 Å². The predicted molar refractivity (Wildman–Crippen MR) is 80.2 cm³/mol. The molecule has 0 saturated carbocycles. The lowest BCUT2D eigenvalue weighted by atomic mass is 9.80. The van der Waals surface area contributed by atoms with E-state index in [1.807, 2.05) is 0 Å². The van der Waals surface area contributed by atoms with Crippen LogP contribution in [0.5, 0.6) is 0 Å². The quantitative estimate of drug-likeness (QED) is 0.829. The summed E-state index contributed by atoms with van der Waals surface area (Å²) >= 11 is 2.16. The monoisotopic (exact) mass is 268 g/mol. The first-order chi connectivity index (χ1) is 8.56. The Kier molecular flexibility index (Phi) is 3.68. The van der Waals surface area contributed by atoms with Gasteiger partial charge in [-0.05, 0) is 50.3 Å². The first-order valence-corrected chi connectivity index (χ1v) is 8.77. The van der Waals surface area contributed by atoms with Gasteiger partial charge in [-0.3, -0.25) is 4.90 Å². The Morgan fingerprint density at radius 2 is 1.83 bits per heavy atom. The van der Waals surface area contributed by atoms with Crippen molar-refractivity contribution in [2.24, 2.45) is 5.41 Å². The molecule has 3 heteroatoms. The van der Waals surface area contributed by atoms with Gasteiger partial charge in [0, 0.05) is 29.9 Å². The summed E-state index contributed by atoms with van der Waals surface area (Å²) in [7, 11) is 2.40. The van der Waals surface area contributed by atoms with Gasteiger partial charge in [0.25, 0.3) is 0 Å². The zero-order valence-corrected chi connectivity index (χ0v) is 12.9. The molecule has 0 aromatic carbocycles. The molecule has 3 saturated heterocycles. The third kappa shape index (κ3) is 2.46. The van der Waals surface area contributed by atoms with E-state index in [2.05, 4.69) is 42.9 Å². The van der Waals surface area contributed by atoms with Crippen LogP contribution in [0.2, 0.25) is 0 Å². The summed E-state index contributed by atoms with van der Waals surface area (Å²) < 4.78 is 0. The van der Waals surface area contributed by atoms with Crippen molar-refractivity contribution in [1.82, 2.24) is 10.2 Å². The maximum Gasteiger partial charge on any atom is 0.0237 e. The van der Waals surface area contributed by atoms with Gasteiger partial charge in [-0.2, -0.15) is 11.8 Å². The fraction of sp³-hybridized carbons (Fsp3) is 1.00. The molecule has 0 aliphatic carbocycles.